The van der Waals surface area contributed by atoms with Crippen LogP contribution in [0, 0.1) is 0 Å². The molecule has 32 heavy (non-hydrogen) atoms. The Hall–Kier alpha value is -1.77. The highest BCUT2D eigenvalue weighted by Gasteiger charge is 2.30. The summed E-state index contributed by atoms with van der Waals surface area (Å²) in [5.74, 6) is 0.723. The summed E-state index contributed by atoms with van der Waals surface area (Å²) >= 11 is 23.4. The van der Waals surface area contributed by atoms with Gasteiger partial charge in [0.1, 0.15) is 16.8 Å². The molecule has 0 atom stereocenters. The molecule has 0 saturated heterocycles. The van der Waals surface area contributed by atoms with Gasteiger partial charge in [-0.2, -0.15) is 13.2 Å². The first kappa shape index (κ1) is 26.5. The Morgan fingerprint density at radius 1 is 1.00 bits per heavy atom. The van der Waals surface area contributed by atoms with Gasteiger partial charge in [0, 0.05) is 18.6 Å². The smallest absolute Gasteiger partial charge is 0.416 e. The zero-order valence-electron chi connectivity index (χ0n) is 16.4. The van der Waals surface area contributed by atoms with Crippen LogP contribution in [0.4, 0.5) is 13.2 Å². The molecule has 0 fully saturated rings. The van der Waals surface area contributed by atoms with Gasteiger partial charge in [0.25, 0.3) is 0 Å². The molecule has 0 aliphatic heterocycles. The quantitative estimate of drug-likeness (QED) is 0.239. The van der Waals surface area contributed by atoms with Crippen LogP contribution in [-0.2, 0) is 11.0 Å². The maximum atomic E-state index is 12.6. The Morgan fingerprint density at radius 2 is 1.62 bits per heavy atom. The summed E-state index contributed by atoms with van der Waals surface area (Å²) in [7, 11) is 0. The van der Waals surface area contributed by atoms with Gasteiger partial charge in [0.2, 0.25) is 0 Å². The van der Waals surface area contributed by atoms with Crippen molar-refractivity contribution in [3.63, 3.8) is 0 Å². The zero-order chi connectivity index (χ0) is 23.7. The van der Waals surface area contributed by atoms with Crippen LogP contribution in [0.1, 0.15) is 17.5 Å². The predicted molar refractivity (Wildman–Crippen MR) is 121 cm³/mol. The van der Waals surface area contributed by atoms with Crippen molar-refractivity contribution in [2.24, 2.45) is 0 Å². The number of alkyl halides is 3. The molecule has 0 bridgehead atoms. The molecule has 0 heterocycles. The number of nitrogens with one attached hydrogen (secondary N) is 1. The van der Waals surface area contributed by atoms with Gasteiger partial charge in [-0.1, -0.05) is 65.1 Å². The Balaban J connectivity index is 1.73. The molecule has 0 amide bonds. The third kappa shape index (κ3) is 8.64. The maximum absolute atomic E-state index is 12.6. The number of halogens is 7. The van der Waals surface area contributed by atoms with Crippen molar-refractivity contribution in [3.8, 4) is 11.5 Å². The fraction of sp³-hybridized carbons (Fsp3) is 0.238. The van der Waals surface area contributed by atoms with E-state index in [2.05, 4.69) is 12.1 Å². The van der Waals surface area contributed by atoms with Gasteiger partial charge in [-0.05, 0) is 23.8 Å². The third-order valence-electron chi connectivity index (χ3n) is 3.85. The summed E-state index contributed by atoms with van der Waals surface area (Å²) in [6, 6.07) is 7.66. The lowest BCUT2D eigenvalue weighted by molar-refractivity contribution is -0.137. The van der Waals surface area contributed by atoms with Crippen molar-refractivity contribution in [1.82, 2.24) is 5.48 Å². The molecule has 0 spiro atoms. The molecule has 1 N–H and O–H groups in total. The van der Waals surface area contributed by atoms with Crippen LogP contribution < -0.4 is 15.0 Å². The Kier molecular flexibility index (Phi) is 10.3. The molecule has 2 rings (SSSR count). The minimum atomic E-state index is -4.39. The summed E-state index contributed by atoms with van der Waals surface area (Å²) in [6.45, 7) is 4.37. The van der Waals surface area contributed by atoms with Crippen molar-refractivity contribution >= 4 is 52.1 Å². The van der Waals surface area contributed by atoms with Gasteiger partial charge in [-0.3, -0.25) is 10.3 Å². The highest BCUT2D eigenvalue weighted by atomic mass is 35.5. The number of benzene rings is 2. The Labute approximate surface area is 203 Å². The number of hydroxylamine groups is 1. The average Bonchev–Trinajstić information content (AvgIpc) is 2.71. The second-order valence-electron chi connectivity index (χ2n) is 6.23. The molecular formula is C21H18Cl4F3NO3. The highest BCUT2D eigenvalue weighted by Crippen LogP contribution is 2.37. The second kappa shape index (κ2) is 12.5. The van der Waals surface area contributed by atoms with Crippen LogP contribution >= 0.6 is 46.4 Å². The summed E-state index contributed by atoms with van der Waals surface area (Å²) in [6.07, 6.45) is -2.45. The molecule has 0 aliphatic carbocycles. The SMILES string of the molecule is C=C(NOCCCOc1c(Cl)cc(OCC=C(Cl)Cl)cc1Cl)c1ccc(C(F)(F)F)cc1. The highest BCUT2D eigenvalue weighted by molar-refractivity contribution is 6.55. The van der Waals surface area contributed by atoms with Crippen LogP contribution in [0.25, 0.3) is 5.70 Å². The van der Waals surface area contributed by atoms with Gasteiger partial charge in [-0.25, -0.2) is 0 Å². The molecule has 0 saturated carbocycles. The Bertz CT molecular complexity index is 923. The average molecular weight is 531 g/mol. The van der Waals surface area contributed by atoms with Crippen molar-refractivity contribution in [2.45, 2.75) is 12.6 Å². The fourth-order valence-corrected chi connectivity index (χ4v) is 3.02. The Morgan fingerprint density at radius 3 is 2.19 bits per heavy atom. The van der Waals surface area contributed by atoms with E-state index >= 15 is 0 Å². The van der Waals surface area contributed by atoms with E-state index in [0.717, 1.165) is 12.1 Å². The van der Waals surface area contributed by atoms with E-state index in [0.29, 0.717) is 29.2 Å². The lowest BCUT2D eigenvalue weighted by Gasteiger charge is -2.13. The van der Waals surface area contributed by atoms with Gasteiger partial charge >= 0.3 is 6.18 Å². The minimum absolute atomic E-state index is 0.0850. The molecule has 4 nitrogen and oxygen atoms in total. The second-order valence-corrected chi connectivity index (χ2v) is 8.05. The first-order valence-electron chi connectivity index (χ1n) is 9.08. The summed E-state index contributed by atoms with van der Waals surface area (Å²) in [5.41, 5.74) is 2.65. The molecular weight excluding hydrogens is 513 g/mol. The summed E-state index contributed by atoms with van der Waals surface area (Å²) < 4.78 is 48.9. The lowest BCUT2D eigenvalue weighted by atomic mass is 10.1. The van der Waals surface area contributed by atoms with Crippen LogP contribution in [0.5, 0.6) is 11.5 Å². The van der Waals surface area contributed by atoms with Crippen LogP contribution in [-0.4, -0.2) is 19.8 Å². The minimum Gasteiger partial charge on any atom is -0.490 e. The topological polar surface area (TPSA) is 39.7 Å². The van der Waals surface area contributed by atoms with E-state index in [-0.39, 0.29) is 34.4 Å². The van der Waals surface area contributed by atoms with E-state index in [1.807, 2.05) is 0 Å². The summed E-state index contributed by atoms with van der Waals surface area (Å²) in [5, 5.41) is 0.534. The molecule has 0 aromatic heterocycles. The third-order valence-corrected chi connectivity index (χ3v) is 4.72. The van der Waals surface area contributed by atoms with Crippen molar-refractivity contribution in [3.05, 3.63) is 74.7 Å². The number of hydrogen-bond donors (Lipinski definition) is 1. The predicted octanol–water partition coefficient (Wildman–Crippen LogP) is 7.67. The molecule has 0 aliphatic rings. The lowest BCUT2D eigenvalue weighted by Crippen LogP contribution is -2.15. The van der Waals surface area contributed by atoms with E-state index in [1.165, 1.54) is 18.2 Å². The van der Waals surface area contributed by atoms with E-state index in [4.69, 9.17) is 60.7 Å². The van der Waals surface area contributed by atoms with Crippen LogP contribution in [0.3, 0.4) is 0 Å². The van der Waals surface area contributed by atoms with E-state index < -0.39 is 11.7 Å². The number of rotatable bonds is 11. The molecule has 2 aromatic carbocycles. The van der Waals surface area contributed by atoms with Crippen molar-refractivity contribution in [1.29, 1.82) is 0 Å². The molecule has 0 unspecified atom stereocenters. The molecule has 174 valence electrons. The van der Waals surface area contributed by atoms with Gasteiger partial charge in [0.05, 0.1) is 34.5 Å². The number of hydrogen-bond acceptors (Lipinski definition) is 4. The van der Waals surface area contributed by atoms with Crippen LogP contribution in [0.15, 0.2) is 53.5 Å². The fourth-order valence-electron chi connectivity index (χ4n) is 2.32. The largest absolute Gasteiger partial charge is 0.490 e. The van der Waals surface area contributed by atoms with Crippen molar-refractivity contribution in [2.75, 3.05) is 19.8 Å². The zero-order valence-corrected chi connectivity index (χ0v) is 19.5. The normalized spacial score (nSPS) is 11.1. The van der Waals surface area contributed by atoms with Gasteiger partial charge < -0.3 is 9.47 Å². The first-order valence-corrected chi connectivity index (χ1v) is 10.6. The standard InChI is InChI=1S/C21H18Cl4F3NO3/c1-13(14-3-5-15(6-4-14)21(26,27)28)29-32-9-2-8-31-20-17(22)11-16(12-18(20)23)30-10-7-19(24)25/h3-7,11-12,29H,1-2,8-10H2. The monoisotopic (exact) mass is 529 g/mol. The van der Waals surface area contributed by atoms with Crippen molar-refractivity contribution < 1.29 is 27.5 Å². The van der Waals surface area contributed by atoms with Gasteiger partial charge in [-0.15, -0.1) is 0 Å². The van der Waals surface area contributed by atoms with Gasteiger partial charge in [0.15, 0.2) is 5.75 Å². The molecule has 11 heteroatoms. The molecule has 0 radical (unpaired) electrons. The number of ether oxygens (including phenoxy) is 2. The van der Waals surface area contributed by atoms with E-state index in [9.17, 15) is 13.2 Å². The van der Waals surface area contributed by atoms with E-state index in [1.54, 1.807) is 12.1 Å². The van der Waals surface area contributed by atoms with Crippen LogP contribution in [0.2, 0.25) is 10.0 Å². The maximum Gasteiger partial charge on any atom is 0.416 e. The first-order chi connectivity index (χ1) is 15.1. The molecule has 2 aromatic rings. The summed E-state index contributed by atoms with van der Waals surface area (Å²) in [4.78, 5) is 5.26.